The minimum atomic E-state index is -0.668. The minimum Gasteiger partial charge on any atom is -0.390 e. The second-order valence-electron chi connectivity index (χ2n) is 9.31. The normalized spacial score (nSPS) is 54.9. The van der Waals surface area contributed by atoms with E-state index < -0.39 is 11.2 Å². The molecule has 20 heavy (non-hydrogen) atoms. The van der Waals surface area contributed by atoms with Gasteiger partial charge in [-0.1, -0.05) is 27.2 Å². The van der Waals surface area contributed by atoms with Gasteiger partial charge in [-0.25, -0.2) is 0 Å². The standard InChI is InChI=1S/C18H32O2/c1-15(2)8-5-9-17(4)13(15)7-11-18(20)12-16(3,19)10-6-14(17)18/h13-14,19-20H,5-12H2,1-4H3/t13-,14+,16+,17-,18+/m0/s1. The minimum absolute atomic E-state index is 0.269. The molecule has 0 radical (unpaired) electrons. The van der Waals surface area contributed by atoms with Gasteiger partial charge in [0.1, 0.15) is 0 Å². The third kappa shape index (κ3) is 2.06. The van der Waals surface area contributed by atoms with Crippen molar-refractivity contribution in [2.75, 3.05) is 0 Å². The van der Waals surface area contributed by atoms with Crippen LogP contribution in [0, 0.1) is 22.7 Å². The molecule has 0 amide bonds. The van der Waals surface area contributed by atoms with Crippen LogP contribution in [-0.4, -0.2) is 21.4 Å². The van der Waals surface area contributed by atoms with E-state index in [9.17, 15) is 10.2 Å². The molecule has 0 spiro atoms. The van der Waals surface area contributed by atoms with Crippen molar-refractivity contribution >= 4 is 0 Å². The quantitative estimate of drug-likeness (QED) is 0.706. The molecule has 0 saturated heterocycles. The number of hydrogen-bond donors (Lipinski definition) is 2. The van der Waals surface area contributed by atoms with Gasteiger partial charge in [-0.3, -0.25) is 0 Å². The van der Waals surface area contributed by atoms with Crippen LogP contribution in [0.15, 0.2) is 0 Å². The molecule has 0 aromatic heterocycles. The van der Waals surface area contributed by atoms with Gasteiger partial charge in [0.25, 0.3) is 0 Å². The summed E-state index contributed by atoms with van der Waals surface area (Å²) in [6.07, 6.45) is 8.32. The van der Waals surface area contributed by atoms with E-state index in [2.05, 4.69) is 20.8 Å². The highest BCUT2D eigenvalue weighted by atomic mass is 16.3. The second kappa shape index (κ2) is 4.23. The topological polar surface area (TPSA) is 40.5 Å². The van der Waals surface area contributed by atoms with Gasteiger partial charge in [-0.15, -0.1) is 0 Å². The summed E-state index contributed by atoms with van der Waals surface area (Å²) in [5.74, 6) is 1.12. The lowest BCUT2D eigenvalue weighted by Gasteiger charge is -2.64. The fourth-order valence-corrected chi connectivity index (χ4v) is 6.50. The fourth-order valence-electron chi connectivity index (χ4n) is 6.50. The number of fused-ring (bicyclic) bond motifs is 3. The number of aliphatic hydroxyl groups is 2. The first-order valence-electron chi connectivity index (χ1n) is 8.54. The zero-order valence-electron chi connectivity index (χ0n) is 13.7. The van der Waals surface area contributed by atoms with E-state index in [0.717, 1.165) is 31.6 Å². The summed E-state index contributed by atoms with van der Waals surface area (Å²) in [7, 11) is 0. The first-order chi connectivity index (χ1) is 9.09. The van der Waals surface area contributed by atoms with Gasteiger partial charge >= 0.3 is 0 Å². The van der Waals surface area contributed by atoms with Crippen molar-refractivity contribution in [3.63, 3.8) is 0 Å². The van der Waals surface area contributed by atoms with Gasteiger partial charge in [-0.2, -0.15) is 0 Å². The lowest BCUT2D eigenvalue weighted by molar-refractivity contribution is -0.218. The van der Waals surface area contributed by atoms with Gasteiger partial charge in [-0.05, 0) is 68.1 Å². The number of hydrogen-bond acceptors (Lipinski definition) is 2. The average molecular weight is 280 g/mol. The van der Waals surface area contributed by atoms with Crippen molar-refractivity contribution in [1.82, 2.24) is 0 Å². The highest BCUT2D eigenvalue weighted by Gasteiger charge is 2.61. The molecule has 0 heterocycles. The average Bonchev–Trinajstić information content (AvgIpc) is 2.24. The smallest absolute Gasteiger partial charge is 0.0708 e. The molecule has 0 aliphatic heterocycles. The second-order valence-corrected chi connectivity index (χ2v) is 9.31. The van der Waals surface area contributed by atoms with Gasteiger partial charge in [0.2, 0.25) is 0 Å². The maximum Gasteiger partial charge on any atom is 0.0708 e. The Morgan fingerprint density at radius 2 is 1.45 bits per heavy atom. The van der Waals surface area contributed by atoms with E-state index in [1.165, 1.54) is 19.3 Å². The van der Waals surface area contributed by atoms with Crippen LogP contribution < -0.4 is 0 Å². The van der Waals surface area contributed by atoms with E-state index in [4.69, 9.17) is 0 Å². The summed E-state index contributed by atoms with van der Waals surface area (Å²) in [6, 6.07) is 0. The molecular weight excluding hydrogens is 248 g/mol. The van der Waals surface area contributed by atoms with Crippen LogP contribution in [-0.2, 0) is 0 Å². The van der Waals surface area contributed by atoms with E-state index >= 15 is 0 Å². The van der Waals surface area contributed by atoms with Gasteiger partial charge in [0.05, 0.1) is 11.2 Å². The SMILES string of the molecule is CC1(C)CCC[C@@]2(C)[C@H]1CC[C@@]1(O)C[C@](C)(O)CC[C@@H]12. The largest absolute Gasteiger partial charge is 0.390 e. The van der Waals surface area contributed by atoms with E-state index in [1.54, 1.807) is 0 Å². The lowest BCUT2D eigenvalue weighted by atomic mass is 9.43. The van der Waals surface area contributed by atoms with Crippen LogP contribution in [0.25, 0.3) is 0 Å². The van der Waals surface area contributed by atoms with Gasteiger partial charge in [0, 0.05) is 6.42 Å². The van der Waals surface area contributed by atoms with Crippen molar-refractivity contribution in [3.05, 3.63) is 0 Å². The monoisotopic (exact) mass is 280 g/mol. The maximum absolute atomic E-state index is 11.2. The first-order valence-corrected chi connectivity index (χ1v) is 8.54. The van der Waals surface area contributed by atoms with Crippen LogP contribution in [0.3, 0.4) is 0 Å². The van der Waals surface area contributed by atoms with E-state index in [1.807, 2.05) is 6.92 Å². The van der Waals surface area contributed by atoms with E-state index in [-0.39, 0.29) is 5.41 Å². The molecule has 3 fully saturated rings. The molecule has 2 heteroatoms. The Morgan fingerprint density at radius 1 is 0.800 bits per heavy atom. The zero-order chi connectivity index (χ0) is 14.8. The molecule has 0 bridgehead atoms. The predicted octanol–water partition coefficient (Wildman–Crippen LogP) is 3.90. The lowest BCUT2D eigenvalue weighted by Crippen LogP contribution is -2.62. The Morgan fingerprint density at radius 3 is 2.15 bits per heavy atom. The Balaban J connectivity index is 1.95. The summed E-state index contributed by atoms with van der Waals surface area (Å²) in [4.78, 5) is 0. The molecule has 116 valence electrons. The Hall–Kier alpha value is -0.0800. The Labute approximate surface area is 124 Å². The molecule has 2 N–H and O–H groups in total. The molecule has 3 aliphatic rings. The van der Waals surface area contributed by atoms with Crippen molar-refractivity contribution in [3.8, 4) is 0 Å². The van der Waals surface area contributed by atoms with Crippen LogP contribution >= 0.6 is 0 Å². The Kier molecular flexibility index (Phi) is 3.14. The molecule has 0 aromatic rings. The molecular formula is C18H32O2. The third-order valence-corrected chi connectivity index (χ3v) is 7.25. The number of rotatable bonds is 0. The summed E-state index contributed by atoms with van der Waals surface area (Å²) in [6.45, 7) is 9.20. The van der Waals surface area contributed by atoms with Crippen molar-refractivity contribution in [1.29, 1.82) is 0 Å². The van der Waals surface area contributed by atoms with Gasteiger partial charge in [0.15, 0.2) is 0 Å². The highest BCUT2D eigenvalue weighted by molar-refractivity contribution is 5.12. The maximum atomic E-state index is 11.2. The third-order valence-electron chi connectivity index (χ3n) is 7.25. The molecule has 3 rings (SSSR count). The summed E-state index contributed by atoms with van der Waals surface area (Å²) in [5.41, 5.74) is -0.613. The summed E-state index contributed by atoms with van der Waals surface area (Å²) >= 11 is 0. The van der Waals surface area contributed by atoms with Crippen molar-refractivity contribution < 1.29 is 10.2 Å². The molecule has 0 unspecified atom stereocenters. The van der Waals surface area contributed by atoms with Crippen LogP contribution in [0.2, 0.25) is 0 Å². The summed E-state index contributed by atoms with van der Waals surface area (Å²) < 4.78 is 0. The van der Waals surface area contributed by atoms with Crippen LogP contribution in [0.4, 0.5) is 0 Å². The first kappa shape index (κ1) is 14.8. The van der Waals surface area contributed by atoms with Crippen LogP contribution in [0.5, 0.6) is 0 Å². The summed E-state index contributed by atoms with van der Waals surface area (Å²) in [5, 5.41) is 21.6. The molecule has 3 saturated carbocycles. The van der Waals surface area contributed by atoms with Crippen LogP contribution in [0.1, 0.15) is 79.1 Å². The predicted molar refractivity (Wildman–Crippen MR) is 81.4 cm³/mol. The molecule has 3 aliphatic carbocycles. The fraction of sp³-hybridized carbons (Fsp3) is 1.00. The molecule has 2 nitrogen and oxygen atoms in total. The van der Waals surface area contributed by atoms with E-state index in [0.29, 0.717) is 17.8 Å². The molecule has 0 aromatic carbocycles. The Bertz CT molecular complexity index is 400. The van der Waals surface area contributed by atoms with Crippen molar-refractivity contribution in [2.45, 2.75) is 90.3 Å². The molecule has 5 atom stereocenters. The highest BCUT2D eigenvalue weighted by Crippen LogP contribution is 2.65. The van der Waals surface area contributed by atoms with Gasteiger partial charge < -0.3 is 10.2 Å². The van der Waals surface area contributed by atoms with Crippen molar-refractivity contribution in [2.24, 2.45) is 22.7 Å². The zero-order valence-corrected chi connectivity index (χ0v) is 13.7.